The van der Waals surface area contributed by atoms with Crippen LogP contribution in [0.4, 0.5) is 21.9 Å². The van der Waals surface area contributed by atoms with Crippen LogP contribution >= 0.6 is 0 Å². The van der Waals surface area contributed by atoms with Crippen molar-refractivity contribution in [3.8, 4) is 5.75 Å². The van der Waals surface area contributed by atoms with Crippen molar-refractivity contribution in [3.63, 3.8) is 0 Å². The number of amides is 3. The molecule has 1 heterocycles. The van der Waals surface area contributed by atoms with Gasteiger partial charge in [-0.2, -0.15) is 0 Å². The minimum absolute atomic E-state index is 0.201. The van der Waals surface area contributed by atoms with Gasteiger partial charge in [0.25, 0.3) is 0 Å². The fourth-order valence-corrected chi connectivity index (χ4v) is 3.36. The van der Waals surface area contributed by atoms with Gasteiger partial charge < -0.3 is 25.4 Å². The van der Waals surface area contributed by atoms with Gasteiger partial charge in [-0.15, -0.1) is 0 Å². The summed E-state index contributed by atoms with van der Waals surface area (Å²) < 4.78 is 5.46. The lowest BCUT2D eigenvalue weighted by Crippen LogP contribution is -2.27. The van der Waals surface area contributed by atoms with Crippen LogP contribution in [0, 0.1) is 6.92 Å². The summed E-state index contributed by atoms with van der Waals surface area (Å²) in [6, 6.07) is 12.0. The molecule has 0 aliphatic carbocycles. The number of ether oxygens (including phenoxy) is 1. The van der Waals surface area contributed by atoms with Crippen molar-refractivity contribution < 1.29 is 24.2 Å². The summed E-state index contributed by atoms with van der Waals surface area (Å²) in [5, 5.41) is 14.6. The monoisotopic (exact) mass is 462 g/mol. The SMILES string of the molecule is COc1cc(N(C(C)=O)C2=CC=CN(CC(=O)O)C=C2)ccc1NC(=O)Nc1ccccc1C. The van der Waals surface area contributed by atoms with Crippen molar-refractivity contribution >= 4 is 35.0 Å². The first-order chi connectivity index (χ1) is 16.3. The van der Waals surface area contributed by atoms with Crippen LogP contribution in [0.2, 0.25) is 0 Å². The quantitative estimate of drug-likeness (QED) is 0.565. The number of allylic oxidation sites excluding steroid dienone is 3. The molecular formula is C25H26N4O5. The second kappa shape index (κ2) is 10.9. The Morgan fingerprint density at radius 1 is 1.06 bits per heavy atom. The standard InChI is InChI=1S/C25H26N4O5/c1-17-7-4-5-9-21(17)26-25(33)27-22-11-10-20(15-23(22)34-3)29(18(2)30)19-8-6-13-28(14-12-19)16-24(31)32/h4-15H,16H2,1-3H3,(H,31,32)(H2,26,27,33). The summed E-state index contributed by atoms with van der Waals surface area (Å²) in [4.78, 5) is 39.0. The van der Waals surface area contributed by atoms with E-state index in [0.717, 1.165) is 5.56 Å². The highest BCUT2D eigenvalue weighted by atomic mass is 16.5. The normalized spacial score (nSPS) is 12.4. The molecule has 0 fully saturated rings. The van der Waals surface area contributed by atoms with Crippen molar-refractivity contribution in [2.24, 2.45) is 0 Å². The molecule has 0 spiro atoms. The predicted octanol–water partition coefficient (Wildman–Crippen LogP) is 4.31. The zero-order chi connectivity index (χ0) is 24.7. The molecule has 9 nitrogen and oxygen atoms in total. The zero-order valence-electron chi connectivity index (χ0n) is 19.1. The Balaban J connectivity index is 1.82. The molecular weight excluding hydrogens is 436 g/mol. The second-order valence-corrected chi connectivity index (χ2v) is 7.45. The van der Waals surface area contributed by atoms with E-state index in [2.05, 4.69) is 10.6 Å². The van der Waals surface area contributed by atoms with E-state index in [0.29, 0.717) is 28.5 Å². The lowest BCUT2D eigenvalue weighted by molar-refractivity contribution is -0.137. The second-order valence-electron chi connectivity index (χ2n) is 7.45. The van der Waals surface area contributed by atoms with Crippen molar-refractivity contribution in [1.29, 1.82) is 0 Å². The van der Waals surface area contributed by atoms with E-state index in [1.165, 1.54) is 23.8 Å². The number of anilines is 3. The molecule has 0 aromatic heterocycles. The number of carboxylic acid groups (broad SMARTS) is 1. The molecule has 0 radical (unpaired) electrons. The summed E-state index contributed by atoms with van der Waals surface area (Å²) in [6.45, 7) is 3.12. The fraction of sp³-hybridized carbons (Fsp3) is 0.160. The maximum absolute atomic E-state index is 12.5. The number of para-hydroxylation sites is 1. The molecule has 0 saturated heterocycles. The van der Waals surface area contributed by atoms with Crippen LogP contribution in [0.15, 0.2) is 78.8 Å². The number of benzene rings is 2. The van der Waals surface area contributed by atoms with Gasteiger partial charge in [0, 0.05) is 31.1 Å². The molecule has 9 heteroatoms. The molecule has 176 valence electrons. The highest BCUT2D eigenvalue weighted by Gasteiger charge is 2.19. The molecule has 1 aliphatic rings. The molecule has 1 aliphatic heterocycles. The number of hydrogen-bond acceptors (Lipinski definition) is 5. The van der Waals surface area contributed by atoms with E-state index in [1.54, 1.807) is 54.9 Å². The number of aryl methyl sites for hydroxylation is 1. The fourth-order valence-electron chi connectivity index (χ4n) is 3.36. The smallest absolute Gasteiger partial charge is 0.323 e. The van der Waals surface area contributed by atoms with Crippen LogP contribution in [0.3, 0.4) is 0 Å². The molecule has 3 N–H and O–H groups in total. The number of carbonyl (C=O) groups is 3. The van der Waals surface area contributed by atoms with Crippen LogP contribution in [-0.4, -0.2) is 41.6 Å². The Hall–Kier alpha value is -4.53. The molecule has 3 amide bonds. The van der Waals surface area contributed by atoms with Gasteiger partial charge in [-0.3, -0.25) is 14.5 Å². The number of rotatable bonds is 7. The van der Waals surface area contributed by atoms with Gasteiger partial charge in [0.2, 0.25) is 5.91 Å². The number of aliphatic carboxylic acids is 1. The van der Waals surface area contributed by atoms with E-state index in [4.69, 9.17) is 9.84 Å². The molecule has 0 bridgehead atoms. The first kappa shape index (κ1) is 24.1. The number of nitrogens with one attached hydrogen (secondary N) is 2. The van der Waals surface area contributed by atoms with Crippen molar-refractivity contribution in [1.82, 2.24) is 4.90 Å². The molecule has 0 unspecified atom stereocenters. The molecule has 2 aromatic carbocycles. The van der Waals surface area contributed by atoms with E-state index >= 15 is 0 Å². The summed E-state index contributed by atoms with van der Waals surface area (Å²) in [6.07, 6.45) is 8.21. The Morgan fingerprint density at radius 2 is 1.79 bits per heavy atom. The Morgan fingerprint density at radius 3 is 2.47 bits per heavy atom. The minimum atomic E-state index is -0.972. The van der Waals surface area contributed by atoms with E-state index in [-0.39, 0.29) is 12.5 Å². The van der Waals surface area contributed by atoms with Gasteiger partial charge in [-0.05, 0) is 48.9 Å². The lowest BCUT2D eigenvalue weighted by Gasteiger charge is -2.23. The average molecular weight is 463 g/mol. The third kappa shape index (κ3) is 6.04. The highest BCUT2D eigenvalue weighted by molar-refractivity contribution is 6.02. The number of hydrogen-bond donors (Lipinski definition) is 3. The van der Waals surface area contributed by atoms with E-state index in [1.807, 2.05) is 25.1 Å². The average Bonchev–Trinajstić information content (AvgIpc) is 3.01. The van der Waals surface area contributed by atoms with Gasteiger partial charge in [0.15, 0.2) is 0 Å². The summed E-state index contributed by atoms with van der Waals surface area (Å²) in [5.41, 5.74) is 3.11. The molecule has 34 heavy (non-hydrogen) atoms. The third-order valence-corrected chi connectivity index (χ3v) is 4.96. The largest absolute Gasteiger partial charge is 0.494 e. The van der Waals surface area contributed by atoms with Crippen LogP contribution in [-0.2, 0) is 9.59 Å². The number of urea groups is 1. The van der Waals surface area contributed by atoms with Gasteiger partial charge >= 0.3 is 12.0 Å². The number of carboxylic acids is 1. The Kier molecular flexibility index (Phi) is 7.71. The highest BCUT2D eigenvalue weighted by Crippen LogP contribution is 2.32. The topological polar surface area (TPSA) is 111 Å². The number of nitrogens with zero attached hydrogens (tertiary/aromatic N) is 2. The maximum Gasteiger partial charge on any atom is 0.323 e. The van der Waals surface area contributed by atoms with Crippen LogP contribution in [0.5, 0.6) is 5.75 Å². The van der Waals surface area contributed by atoms with Gasteiger partial charge in [-0.1, -0.05) is 18.2 Å². The Bertz CT molecular complexity index is 1190. The van der Waals surface area contributed by atoms with Crippen LogP contribution in [0.25, 0.3) is 0 Å². The first-order valence-corrected chi connectivity index (χ1v) is 10.4. The van der Waals surface area contributed by atoms with Crippen LogP contribution < -0.4 is 20.3 Å². The van der Waals surface area contributed by atoms with Crippen molar-refractivity contribution in [2.45, 2.75) is 13.8 Å². The first-order valence-electron chi connectivity index (χ1n) is 10.4. The molecule has 0 atom stereocenters. The van der Waals surface area contributed by atoms with Crippen LogP contribution in [0.1, 0.15) is 12.5 Å². The van der Waals surface area contributed by atoms with Crippen molar-refractivity contribution in [2.75, 3.05) is 29.2 Å². The van der Waals surface area contributed by atoms with E-state index < -0.39 is 12.0 Å². The maximum atomic E-state index is 12.5. The lowest BCUT2D eigenvalue weighted by atomic mass is 10.2. The summed E-state index contributed by atoms with van der Waals surface area (Å²) in [7, 11) is 1.47. The predicted molar refractivity (Wildman–Crippen MR) is 131 cm³/mol. The molecule has 3 rings (SSSR count). The molecule has 0 saturated carbocycles. The summed E-state index contributed by atoms with van der Waals surface area (Å²) >= 11 is 0. The number of carbonyl (C=O) groups excluding carboxylic acids is 2. The zero-order valence-corrected chi connectivity index (χ0v) is 19.1. The van der Waals surface area contributed by atoms with Gasteiger partial charge in [0.1, 0.15) is 12.3 Å². The Labute approximate surface area is 197 Å². The van der Waals surface area contributed by atoms with Gasteiger partial charge in [0.05, 0.1) is 24.2 Å². The minimum Gasteiger partial charge on any atom is -0.494 e. The van der Waals surface area contributed by atoms with Gasteiger partial charge in [-0.25, -0.2) is 4.79 Å². The summed E-state index contributed by atoms with van der Waals surface area (Å²) in [5.74, 6) is -0.860. The third-order valence-electron chi connectivity index (χ3n) is 4.96. The molecule has 2 aromatic rings. The van der Waals surface area contributed by atoms with E-state index in [9.17, 15) is 14.4 Å². The number of methoxy groups -OCH3 is 1. The van der Waals surface area contributed by atoms with Crippen molar-refractivity contribution in [3.05, 3.63) is 84.4 Å².